The lowest BCUT2D eigenvalue weighted by atomic mass is 10.1. The molecular formula is C22H30ClFN4OSi. The van der Waals surface area contributed by atoms with E-state index in [0.29, 0.717) is 12.4 Å². The molecule has 0 bridgehead atoms. The monoisotopic (exact) mass is 448 g/mol. The van der Waals surface area contributed by atoms with E-state index in [-0.39, 0.29) is 11.9 Å². The normalized spacial score (nSPS) is 19.9. The number of nitrogens with one attached hydrogen (secondary N) is 2. The van der Waals surface area contributed by atoms with E-state index in [1.165, 1.54) is 12.1 Å². The number of allylic oxidation sites excluding steroid dienone is 2. The van der Waals surface area contributed by atoms with Crippen molar-refractivity contribution in [2.24, 2.45) is 0 Å². The van der Waals surface area contributed by atoms with Crippen LogP contribution in [-0.2, 0) is 16.5 Å². The molecule has 0 spiro atoms. The van der Waals surface area contributed by atoms with Crippen molar-refractivity contribution in [3.8, 4) is 0 Å². The molecule has 1 unspecified atom stereocenters. The zero-order chi connectivity index (χ0) is 21.8. The van der Waals surface area contributed by atoms with Gasteiger partial charge in [0.15, 0.2) is 5.00 Å². The molecule has 3 rings (SSSR count). The van der Waals surface area contributed by atoms with Crippen LogP contribution in [0.1, 0.15) is 24.2 Å². The molecule has 2 aromatic rings. The summed E-state index contributed by atoms with van der Waals surface area (Å²) in [5.74, 6) is 0.522. The highest BCUT2D eigenvalue weighted by Gasteiger charge is 2.32. The third-order valence-electron chi connectivity index (χ3n) is 4.88. The fraction of sp³-hybridized carbons (Fsp3) is 0.409. The predicted octanol–water partition coefficient (Wildman–Crippen LogP) is 5.08. The summed E-state index contributed by atoms with van der Waals surface area (Å²) in [5, 5.41) is 11.3. The van der Waals surface area contributed by atoms with Crippen molar-refractivity contribution in [3.05, 3.63) is 77.7 Å². The van der Waals surface area contributed by atoms with Crippen molar-refractivity contribution in [1.82, 2.24) is 20.4 Å². The topological polar surface area (TPSA) is 51.1 Å². The number of hydrogen-bond acceptors (Lipinski definition) is 4. The van der Waals surface area contributed by atoms with Crippen molar-refractivity contribution in [2.45, 2.75) is 50.4 Å². The summed E-state index contributed by atoms with van der Waals surface area (Å²) < 4.78 is 20.7. The highest BCUT2D eigenvalue weighted by Crippen LogP contribution is 2.30. The van der Waals surface area contributed by atoms with E-state index in [1.807, 2.05) is 37.4 Å². The fourth-order valence-corrected chi connectivity index (χ4v) is 4.05. The lowest BCUT2D eigenvalue weighted by Crippen LogP contribution is -2.42. The Bertz CT molecular complexity index is 907. The summed E-state index contributed by atoms with van der Waals surface area (Å²) in [7, 11) is -1.10. The first-order valence-electron chi connectivity index (χ1n) is 10.1. The zero-order valence-corrected chi connectivity index (χ0v) is 19.7. The Morgan fingerprint density at radius 1 is 1.27 bits per heavy atom. The van der Waals surface area contributed by atoms with Gasteiger partial charge < -0.3 is 15.4 Å². The van der Waals surface area contributed by atoms with Gasteiger partial charge >= 0.3 is 0 Å². The van der Waals surface area contributed by atoms with Gasteiger partial charge in [0.25, 0.3) is 0 Å². The molecule has 1 aromatic heterocycles. The van der Waals surface area contributed by atoms with Gasteiger partial charge in [-0.05, 0) is 48.9 Å². The molecule has 2 N–H and O–H groups in total. The quantitative estimate of drug-likeness (QED) is 0.243. The van der Waals surface area contributed by atoms with Crippen molar-refractivity contribution in [2.75, 3.05) is 6.61 Å². The van der Waals surface area contributed by atoms with E-state index < -0.39 is 13.1 Å². The molecule has 0 amide bonds. The molecule has 30 heavy (non-hydrogen) atoms. The lowest BCUT2D eigenvalue weighted by molar-refractivity contribution is 0.0781. The first-order chi connectivity index (χ1) is 14.1. The number of benzene rings is 1. The maximum Gasteiger partial charge on any atom is 0.177 e. The van der Waals surface area contributed by atoms with E-state index in [2.05, 4.69) is 35.4 Å². The molecule has 2 heterocycles. The van der Waals surface area contributed by atoms with Gasteiger partial charge in [0.1, 0.15) is 24.1 Å². The average molecular weight is 449 g/mol. The molecule has 2 atom stereocenters. The minimum atomic E-state index is -1.10. The highest BCUT2D eigenvalue weighted by atomic mass is 35.5. The van der Waals surface area contributed by atoms with Gasteiger partial charge in [-0.25, -0.2) is 9.07 Å². The molecule has 8 heteroatoms. The van der Waals surface area contributed by atoms with E-state index >= 15 is 0 Å². The Hall–Kier alpha value is -2.09. The van der Waals surface area contributed by atoms with Crippen LogP contribution in [0.2, 0.25) is 25.7 Å². The van der Waals surface area contributed by atoms with Crippen LogP contribution in [-0.4, -0.2) is 24.5 Å². The molecule has 1 aromatic carbocycles. The number of rotatable bonds is 9. The van der Waals surface area contributed by atoms with Crippen LogP contribution in [0.5, 0.6) is 0 Å². The zero-order valence-electron chi connectivity index (χ0n) is 18.0. The number of halogens is 2. The molecule has 0 aliphatic carbocycles. The molecule has 0 radical (unpaired) electrons. The van der Waals surface area contributed by atoms with Crippen molar-refractivity contribution in [1.29, 1.82) is 0 Å². The maximum absolute atomic E-state index is 13.2. The summed E-state index contributed by atoms with van der Waals surface area (Å²) in [6, 6.07) is 9.44. The maximum atomic E-state index is 13.2. The number of nitrogens with zero attached hydrogens (tertiary/aromatic N) is 2. The van der Waals surface area contributed by atoms with Crippen LogP contribution >= 0.6 is 11.6 Å². The standard InChI is InChI=1S/C22H30ClFN4OSi/c1-17(18-7-9-19(24)10-8-18)25-21-6-5-12-22(23,26-21)20-11-13-28(27-20)16-29-14-15-30(2,3)4/h5-13,17,25-26H,14-16H2,1-4H3/t17?,22-/m1/s1. The van der Waals surface area contributed by atoms with Gasteiger partial charge in [-0.3, -0.25) is 0 Å². The molecule has 1 aliphatic heterocycles. The summed E-state index contributed by atoms with van der Waals surface area (Å²) in [6.45, 7) is 10.2. The Morgan fingerprint density at radius 2 is 2.00 bits per heavy atom. The first-order valence-corrected chi connectivity index (χ1v) is 14.2. The van der Waals surface area contributed by atoms with Gasteiger partial charge in [0, 0.05) is 26.9 Å². The Kier molecular flexibility index (Phi) is 7.05. The van der Waals surface area contributed by atoms with Gasteiger partial charge in [-0.2, -0.15) is 5.10 Å². The minimum Gasteiger partial charge on any atom is -0.365 e. The van der Waals surface area contributed by atoms with Gasteiger partial charge in [-0.15, -0.1) is 0 Å². The summed E-state index contributed by atoms with van der Waals surface area (Å²) in [4.78, 5) is -0.955. The second-order valence-electron chi connectivity index (χ2n) is 8.78. The SMILES string of the molecule is CC(NC1=CC=C[C@](Cl)(c2ccn(COCC[Si](C)(C)C)n2)N1)c1ccc(F)cc1. The molecule has 162 valence electrons. The third-order valence-corrected chi connectivity index (χ3v) is 7.00. The minimum absolute atomic E-state index is 0.0194. The largest absolute Gasteiger partial charge is 0.365 e. The van der Waals surface area contributed by atoms with Crippen LogP contribution < -0.4 is 10.6 Å². The average Bonchev–Trinajstić information content (AvgIpc) is 3.15. The summed E-state index contributed by atoms with van der Waals surface area (Å²) in [6.07, 6.45) is 7.54. The van der Waals surface area contributed by atoms with Crippen molar-refractivity contribution < 1.29 is 9.13 Å². The number of alkyl halides is 1. The van der Waals surface area contributed by atoms with Crippen LogP contribution in [0.15, 0.2) is 60.6 Å². The number of ether oxygens (including phenoxy) is 1. The number of dihydropyridines is 1. The third kappa shape index (κ3) is 6.20. The van der Waals surface area contributed by atoms with E-state index in [0.717, 1.165) is 24.0 Å². The molecule has 0 fully saturated rings. The van der Waals surface area contributed by atoms with Gasteiger partial charge in [0.2, 0.25) is 0 Å². The second kappa shape index (κ2) is 9.37. The number of hydrogen-bond donors (Lipinski definition) is 2. The molecule has 5 nitrogen and oxygen atoms in total. The molecule has 1 aliphatic rings. The van der Waals surface area contributed by atoms with E-state index in [4.69, 9.17) is 16.3 Å². The van der Waals surface area contributed by atoms with Crippen molar-refractivity contribution >= 4 is 19.7 Å². The van der Waals surface area contributed by atoms with Gasteiger partial charge in [0.05, 0.1) is 0 Å². The van der Waals surface area contributed by atoms with Crippen LogP contribution in [0, 0.1) is 5.82 Å². The van der Waals surface area contributed by atoms with Crippen LogP contribution in [0.3, 0.4) is 0 Å². The fourth-order valence-electron chi connectivity index (χ4n) is 3.02. The van der Waals surface area contributed by atoms with Crippen molar-refractivity contribution in [3.63, 3.8) is 0 Å². The Balaban J connectivity index is 1.58. The molecule has 0 saturated carbocycles. The Morgan fingerprint density at radius 3 is 2.70 bits per heavy atom. The highest BCUT2D eigenvalue weighted by molar-refractivity contribution is 6.76. The van der Waals surface area contributed by atoms with E-state index in [1.54, 1.807) is 16.8 Å². The first kappa shape index (κ1) is 22.6. The molecule has 0 saturated heterocycles. The lowest BCUT2D eigenvalue weighted by Gasteiger charge is -2.30. The van der Waals surface area contributed by atoms with E-state index in [9.17, 15) is 4.39 Å². The summed E-state index contributed by atoms with van der Waals surface area (Å²) in [5.41, 5.74) is 1.67. The Labute approximate surface area is 184 Å². The summed E-state index contributed by atoms with van der Waals surface area (Å²) >= 11 is 6.84. The second-order valence-corrected chi connectivity index (χ2v) is 15.0. The number of aromatic nitrogens is 2. The predicted molar refractivity (Wildman–Crippen MR) is 122 cm³/mol. The van der Waals surface area contributed by atoms with Crippen LogP contribution in [0.4, 0.5) is 4.39 Å². The smallest absolute Gasteiger partial charge is 0.177 e. The molecular weight excluding hydrogens is 419 g/mol. The van der Waals surface area contributed by atoms with Crippen LogP contribution in [0.25, 0.3) is 0 Å². The van der Waals surface area contributed by atoms with Gasteiger partial charge in [-0.1, -0.05) is 49.5 Å².